The van der Waals surface area contributed by atoms with E-state index in [-0.39, 0.29) is 16.7 Å². The highest BCUT2D eigenvalue weighted by molar-refractivity contribution is 7.92. The third-order valence-electron chi connectivity index (χ3n) is 6.17. The molecule has 6 nitrogen and oxygen atoms in total. The zero-order chi connectivity index (χ0) is 24.3. The summed E-state index contributed by atoms with van der Waals surface area (Å²) < 4.78 is 47.7. The fourth-order valence-electron chi connectivity index (χ4n) is 4.41. The van der Waals surface area contributed by atoms with Crippen LogP contribution in [0, 0.1) is 12.7 Å². The van der Waals surface area contributed by atoms with Crippen LogP contribution in [0.2, 0.25) is 0 Å². The van der Waals surface area contributed by atoms with E-state index < -0.39 is 15.8 Å². The summed E-state index contributed by atoms with van der Waals surface area (Å²) in [4.78, 5) is 2.49. The molecule has 3 aromatic rings. The Labute approximate surface area is 200 Å². The number of halogens is 1. The molecule has 0 amide bonds. The lowest BCUT2D eigenvalue weighted by molar-refractivity contribution is 0.206. The molecule has 1 aliphatic heterocycles. The number of anilines is 1. The van der Waals surface area contributed by atoms with Crippen LogP contribution >= 0.6 is 0 Å². The lowest BCUT2D eigenvalue weighted by Crippen LogP contribution is -2.47. The Morgan fingerprint density at radius 2 is 1.76 bits per heavy atom. The maximum atomic E-state index is 13.7. The number of aryl methyl sites for hydroxylation is 1. The van der Waals surface area contributed by atoms with Gasteiger partial charge in [-0.25, -0.2) is 12.8 Å². The van der Waals surface area contributed by atoms with Crippen LogP contribution in [-0.2, 0) is 16.6 Å². The highest BCUT2D eigenvalue weighted by Crippen LogP contribution is 2.32. The molecule has 1 fully saturated rings. The molecule has 3 aromatic carbocycles. The second-order valence-electron chi connectivity index (χ2n) is 8.61. The SMILES string of the molecule is COc1cc(CN2CCC(N(c3ccc(F)cc3)S(=O)(=O)c3cccc(C)c3)CC2)ccc1O. The third-order valence-corrected chi connectivity index (χ3v) is 8.04. The van der Waals surface area contributed by atoms with Gasteiger partial charge >= 0.3 is 0 Å². The number of hydrogen-bond donors (Lipinski definition) is 1. The molecule has 1 aliphatic rings. The van der Waals surface area contributed by atoms with Crippen molar-refractivity contribution in [1.82, 2.24) is 4.90 Å². The van der Waals surface area contributed by atoms with Crippen LogP contribution in [0.4, 0.5) is 10.1 Å². The molecule has 0 aromatic heterocycles. The number of phenols is 1. The van der Waals surface area contributed by atoms with Crippen molar-refractivity contribution in [2.75, 3.05) is 24.5 Å². The average molecular weight is 485 g/mol. The monoisotopic (exact) mass is 484 g/mol. The van der Waals surface area contributed by atoms with Crippen LogP contribution in [0.15, 0.2) is 71.6 Å². The standard InChI is InChI=1S/C26H29FN2O4S/c1-19-4-3-5-24(16-19)34(31,32)29(22-9-7-21(27)8-10-22)23-12-14-28(15-13-23)18-20-6-11-25(30)26(17-20)33-2/h3-11,16-17,23,30H,12-15,18H2,1-2H3. The van der Waals surface area contributed by atoms with Crippen LogP contribution in [0.25, 0.3) is 0 Å². The maximum Gasteiger partial charge on any atom is 0.264 e. The average Bonchev–Trinajstić information content (AvgIpc) is 2.83. The minimum atomic E-state index is -3.83. The van der Waals surface area contributed by atoms with Gasteiger partial charge in [0.1, 0.15) is 5.82 Å². The Balaban J connectivity index is 1.56. The third kappa shape index (κ3) is 5.18. The van der Waals surface area contributed by atoms with Crippen LogP contribution in [0.1, 0.15) is 24.0 Å². The molecule has 180 valence electrons. The Bertz CT molecular complexity index is 1240. The second kappa shape index (κ2) is 10.0. The summed E-state index contributed by atoms with van der Waals surface area (Å²) in [6.07, 6.45) is 1.27. The van der Waals surface area contributed by atoms with E-state index in [1.165, 1.54) is 35.7 Å². The van der Waals surface area contributed by atoms with Crippen molar-refractivity contribution in [2.24, 2.45) is 0 Å². The molecule has 0 spiro atoms. The van der Waals surface area contributed by atoms with Crippen molar-refractivity contribution >= 4 is 15.7 Å². The van der Waals surface area contributed by atoms with Gasteiger partial charge in [0.05, 0.1) is 17.7 Å². The first-order valence-electron chi connectivity index (χ1n) is 11.2. The molecular weight excluding hydrogens is 455 g/mol. The van der Waals surface area contributed by atoms with Gasteiger partial charge < -0.3 is 9.84 Å². The lowest BCUT2D eigenvalue weighted by atomic mass is 10.0. The Morgan fingerprint density at radius 1 is 1.06 bits per heavy atom. The largest absolute Gasteiger partial charge is 0.504 e. The number of ether oxygens (including phenoxy) is 1. The van der Waals surface area contributed by atoms with Gasteiger partial charge in [-0.2, -0.15) is 0 Å². The maximum absolute atomic E-state index is 13.7. The van der Waals surface area contributed by atoms with Crippen molar-refractivity contribution in [3.63, 3.8) is 0 Å². The van der Waals surface area contributed by atoms with Crippen molar-refractivity contribution in [1.29, 1.82) is 0 Å². The van der Waals surface area contributed by atoms with Gasteiger partial charge in [0.2, 0.25) is 0 Å². The molecule has 1 heterocycles. The second-order valence-corrected chi connectivity index (χ2v) is 10.4. The van der Waals surface area contributed by atoms with Gasteiger partial charge in [-0.15, -0.1) is 0 Å². The summed E-state index contributed by atoms with van der Waals surface area (Å²) in [5, 5.41) is 9.82. The Hall–Kier alpha value is -3.10. The molecule has 0 bridgehead atoms. The molecule has 1 saturated heterocycles. The number of sulfonamides is 1. The highest BCUT2D eigenvalue weighted by atomic mass is 32.2. The van der Waals surface area contributed by atoms with Crippen LogP contribution in [0.5, 0.6) is 11.5 Å². The molecule has 4 rings (SSSR count). The summed E-state index contributed by atoms with van der Waals surface area (Å²) in [6, 6.07) is 17.5. The smallest absolute Gasteiger partial charge is 0.264 e. The summed E-state index contributed by atoms with van der Waals surface area (Å²) in [6.45, 7) is 3.94. The molecule has 0 atom stereocenters. The van der Waals surface area contributed by atoms with Crippen LogP contribution in [0.3, 0.4) is 0 Å². The number of hydrogen-bond acceptors (Lipinski definition) is 5. The number of methoxy groups -OCH3 is 1. The van der Waals surface area contributed by atoms with Crippen LogP contribution < -0.4 is 9.04 Å². The topological polar surface area (TPSA) is 70.1 Å². The van der Waals surface area contributed by atoms with Gasteiger partial charge in [0, 0.05) is 25.7 Å². The van der Waals surface area contributed by atoms with E-state index in [0.717, 1.165) is 11.1 Å². The van der Waals surface area contributed by atoms with Crippen molar-refractivity contribution in [2.45, 2.75) is 37.2 Å². The van der Waals surface area contributed by atoms with E-state index in [1.807, 2.05) is 25.1 Å². The number of phenolic OH excluding ortho intramolecular Hbond substituents is 1. The van der Waals surface area contributed by atoms with E-state index >= 15 is 0 Å². The number of benzene rings is 3. The molecular formula is C26H29FN2O4S. The Morgan fingerprint density at radius 3 is 2.41 bits per heavy atom. The molecule has 8 heteroatoms. The van der Waals surface area contributed by atoms with E-state index in [9.17, 15) is 17.9 Å². The predicted octanol–water partition coefficient (Wildman–Crippen LogP) is 4.71. The number of nitrogens with zero attached hydrogens (tertiary/aromatic N) is 2. The number of rotatable bonds is 7. The Kier molecular flexibility index (Phi) is 7.09. The summed E-state index contributed by atoms with van der Waals surface area (Å²) in [5.41, 5.74) is 2.33. The number of aromatic hydroxyl groups is 1. The van der Waals surface area contributed by atoms with Gasteiger partial charge in [0.25, 0.3) is 10.0 Å². The fourth-order valence-corrected chi connectivity index (χ4v) is 6.23. The minimum Gasteiger partial charge on any atom is -0.504 e. The van der Waals surface area contributed by atoms with Crippen molar-refractivity contribution in [3.8, 4) is 11.5 Å². The zero-order valence-electron chi connectivity index (χ0n) is 19.3. The molecule has 0 radical (unpaired) electrons. The molecule has 0 aliphatic carbocycles. The molecule has 34 heavy (non-hydrogen) atoms. The number of likely N-dealkylation sites (tertiary alicyclic amines) is 1. The van der Waals surface area contributed by atoms with Gasteiger partial charge in [0.15, 0.2) is 11.5 Å². The van der Waals surface area contributed by atoms with E-state index in [2.05, 4.69) is 4.90 Å². The summed E-state index contributed by atoms with van der Waals surface area (Å²) in [7, 11) is -2.31. The summed E-state index contributed by atoms with van der Waals surface area (Å²) >= 11 is 0. The molecule has 0 saturated carbocycles. The van der Waals surface area contributed by atoms with E-state index in [4.69, 9.17) is 4.74 Å². The van der Waals surface area contributed by atoms with Gasteiger partial charge in [-0.3, -0.25) is 9.21 Å². The molecule has 0 unspecified atom stereocenters. The highest BCUT2D eigenvalue weighted by Gasteiger charge is 2.34. The quantitative estimate of drug-likeness (QED) is 0.526. The normalized spacial score (nSPS) is 15.3. The first kappa shape index (κ1) is 24.0. The minimum absolute atomic E-state index is 0.0984. The fraction of sp³-hybridized carbons (Fsp3) is 0.308. The zero-order valence-corrected chi connectivity index (χ0v) is 20.1. The lowest BCUT2D eigenvalue weighted by Gasteiger charge is -2.39. The summed E-state index contributed by atoms with van der Waals surface area (Å²) in [5.74, 6) is 0.121. The van der Waals surface area contributed by atoms with Gasteiger partial charge in [-0.05, 0) is 79.4 Å². The van der Waals surface area contributed by atoms with Crippen molar-refractivity contribution < 1.29 is 22.7 Å². The van der Waals surface area contributed by atoms with Crippen LogP contribution in [-0.4, -0.2) is 44.7 Å². The van der Waals surface area contributed by atoms with E-state index in [1.54, 1.807) is 24.3 Å². The molecule has 1 N–H and O–H groups in total. The van der Waals surface area contributed by atoms with Crippen molar-refractivity contribution in [3.05, 3.63) is 83.7 Å². The first-order valence-corrected chi connectivity index (χ1v) is 12.7. The predicted molar refractivity (Wildman–Crippen MR) is 130 cm³/mol. The first-order chi connectivity index (χ1) is 16.3. The number of piperidine rings is 1. The van der Waals surface area contributed by atoms with E-state index in [0.29, 0.717) is 43.9 Å². The van der Waals surface area contributed by atoms with Gasteiger partial charge in [-0.1, -0.05) is 18.2 Å².